The standard InChI is InChI=1S/C36H36FN3O10/c1-22(41)38-29-19-20-40(35(45)39-29)34-32(37)33(50-31(44)18-17-30(42)43)28(49-34)21-48-36(23-7-5-4-6-8-23,24-9-13-26(46-2)14-10-24)25-11-15-27(47-3)16-12-25/h4-16,19-20,28,32-34H,17-18,21H2,1-3H3,(H,42,43)(H,38,39,41,45). The molecule has 1 fully saturated rings. The van der Waals surface area contributed by atoms with E-state index < -0.39 is 66.6 Å². The topological polar surface area (TPSA) is 165 Å². The molecule has 4 atom stereocenters. The largest absolute Gasteiger partial charge is 0.497 e. The van der Waals surface area contributed by atoms with Gasteiger partial charge in [-0.05, 0) is 47.0 Å². The summed E-state index contributed by atoms with van der Waals surface area (Å²) in [5, 5.41) is 11.5. The molecule has 2 heterocycles. The van der Waals surface area contributed by atoms with Crippen molar-refractivity contribution < 1.29 is 47.6 Å². The van der Waals surface area contributed by atoms with Crippen LogP contribution < -0.4 is 20.5 Å². The zero-order valence-corrected chi connectivity index (χ0v) is 27.5. The number of alkyl halides is 1. The fourth-order valence-corrected chi connectivity index (χ4v) is 5.75. The van der Waals surface area contributed by atoms with Crippen molar-refractivity contribution in [3.05, 3.63) is 118 Å². The number of amides is 1. The minimum atomic E-state index is -2.10. The van der Waals surface area contributed by atoms with Gasteiger partial charge in [0.2, 0.25) is 5.91 Å². The van der Waals surface area contributed by atoms with Gasteiger partial charge >= 0.3 is 17.6 Å². The van der Waals surface area contributed by atoms with Crippen molar-refractivity contribution in [2.45, 2.75) is 50.0 Å². The van der Waals surface area contributed by atoms with Gasteiger partial charge in [-0.2, -0.15) is 4.98 Å². The molecular formula is C36H36FN3O10. The van der Waals surface area contributed by atoms with Gasteiger partial charge in [0.25, 0.3) is 0 Å². The van der Waals surface area contributed by atoms with Crippen LogP contribution in [0.3, 0.4) is 0 Å². The number of anilines is 1. The number of halogens is 1. The summed E-state index contributed by atoms with van der Waals surface area (Å²) in [6.45, 7) is 0.874. The minimum Gasteiger partial charge on any atom is -0.497 e. The summed E-state index contributed by atoms with van der Waals surface area (Å²) in [5.41, 5.74) is -0.235. The van der Waals surface area contributed by atoms with Crippen LogP contribution in [0.5, 0.6) is 11.5 Å². The van der Waals surface area contributed by atoms with Gasteiger partial charge in [0.1, 0.15) is 29.0 Å². The Hall–Kier alpha value is -5.60. The monoisotopic (exact) mass is 689 g/mol. The van der Waals surface area contributed by atoms with E-state index in [1.165, 1.54) is 19.2 Å². The predicted octanol–water partition coefficient (Wildman–Crippen LogP) is 4.24. The molecule has 2 N–H and O–H groups in total. The smallest absolute Gasteiger partial charge is 0.351 e. The third-order valence-electron chi connectivity index (χ3n) is 8.12. The number of rotatable bonds is 14. The van der Waals surface area contributed by atoms with Crippen molar-refractivity contribution in [2.75, 3.05) is 26.1 Å². The Bertz CT molecular complexity index is 1800. The second-order valence-corrected chi connectivity index (χ2v) is 11.4. The maximum Gasteiger partial charge on any atom is 0.351 e. The third-order valence-corrected chi connectivity index (χ3v) is 8.12. The van der Waals surface area contributed by atoms with E-state index in [0.717, 1.165) is 4.57 Å². The molecule has 1 saturated heterocycles. The number of esters is 1. The maximum atomic E-state index is 16.3. The molecule has 1 amide bonds. The second kappa shape index (κ2) is 15.7. The molecule has 4 aromatic rings. The molecule has 13 nitrogen and oxygen atoms in total. The number of carboxylic acid groups (broad SMARTS) is 1. The van der Waals surface area contributed by atoms with Crippen LogP contribution in [0.25, 0.3) is 0 Å². The number of ether oxygens (including phenoxy) is 5. The molecule has 14 heteroatoms. The molecule has 5 rings (SSSR count). The van der Waals surface area contributed by atoms with Crippen molar-refractivity contribution in [1.29, 1.82) is 0 Å². The lowest BCUT2D eigenvalue weighted by atomic mass is 9.80. The van der Waals surface area contributed by atoms with Crippen LogP contribution in [-0.4, -0.2) is 71.7 Å². The molecule has 50 heavy (non-hydrogen) atoms. The molecule has 0 bridgehead atoms. The van der Waals surface area contributed by atoms with Crippen LogP contribution in [0.4, 0.5) is 10.2 Å². The van der Waals surface area contributed by atoms with Gasteiger partial charge < -0.3 is 34.1 Å². The first kappa shape index (κ1) is 35.7. The Morgan fingerprint density at radius 1 is 0.900 bits per heavy atom. The summed E-state index contributed by atoms with van der Waals surface area (Å²) in [4.78, 5) is 52.1. The van der Waals surface area contributed by atoms with E-state index in [-0.39, 0.29) is 12.4 Å². The van der Waals surface area contributed by atoms with Crippen LogP contribution in [-0.2, 0) is 34.2 Å². The van der Waals surface area contributed by atoms with E-state index in [0.29, 0.717) is 28.2 Å². The third kappa shape index (κ3) is 7.82. The number of hydrogen-bond donors (Lipinski definition) is 2. The summed E-state index contributed by atoms with van der Waals surface area (Å²) in [6, 6.07) is 25.0. The number of aliphatic carboxylic acids is 1. The normalized spacial score (nSPS) is 18.6. The highest BCUT2D eigenvalue weighted by Crippen LogP contribution is 2.43. The summed E-state index contributed by atoms with van der Waals surface area (Å²) < 4.78 is 46.4. The van der Waals surface area contributed by atoms with Crippen LogP contribution in [0.1, 0.15) is 42.7 Å². The number of hydrogen-bond acceptors (Lipinski definition) is 10. The van der Waals surface area contributed by atoms with E-state index in [1.54, 1.807) is 38.5 Å². The van der Waals surface area contributed by atoms with Crippen LogP contribution in [0, 0.1) is 0 Å². The number of nitrogens with zero attached hydrogens (tertiary/aromatic N) is 2. The minimum absolute atomic E-state index is 0.0460. The Morgan fingerprint density at radius 2 is 1.48 bits per heavy atom. The highest BCUT2D eigenvalue weighted by molar-refractivity contribution is 5.87. The average molecular weight is 690 g/mol. The zero-order chi connectivity index (χ0) is 35.8. The number of carbonyl (C=O) groups excluding carboxylic acids is 2. The second-order valence-electron chi connectivity index (χ2n) is 11.4. The molecule has 0 spiro atoms. The molecule has 1 aliphatic heterocycles. The first-order chi connectivity index (χ1) is 24.0. The lowest BCUT2D eigenvalue weighted by Crippen LogP contribution is -2.41. The Balaban J connectivity index is 1.56. The van der Waals surface area contributed by atoms with E-state index in [1.807, 2.05) is 54.6 Å². The fourth-order valence-electron chi connectivity index (χ4n) is 5.75. The number of aromatic nitrogens is 2. The quantitative estimate of drug-likeness (QED) is 0.144. The Kier molecular flexibility index (Phi) is 11.2. The van der Waals surface area contributed by atoms with Gasteiger partial charge in [-0.25, -0.2) is 9.18 Å². The van der Waals surface area contributed by atoms with Gasteiger partial charge in [-0.1, -0.05) is 54.6 Å². The van der Waals surface area contributed by atoms with Gasteiger partial charge in [0.05, 0.1) is 33.7 Å². The first-order valence-corrected chi connectivity index (χ1v) is 15.6. The Labute approximate surface area is 286 Å². The van der Waals surface area contributed by atoms with E-state index in [9.17, 15) is 19.2 Å². The average Bonchev–Trinajstić information content (AvgIpc) is 3.42. The zero-order valence-electron chi connectivity index (χ0n) is 27.5. The van der Waals surface area contributed by atoms with Gasteiger partial charge in [-0.15, -0.1) is 0 Å². The molecule has 4 unspecified atom stereocenters. The highest BCUT2D eigenvalue weighted by atomic mass is 19.1. The van der Waals surface area contributed by atoms with Crippen molar-refractivity contribution in [3.8, 4) is 11.5 Å². The molecule has 0 radical (unpaired) electrons. The molecular weight excluding hydrogens is 653 g/mol. The van der Waals surface area contributed by atoms with Crippen molar-refractivity contribution in [1.82, 2.24) is 9.55 Å². The van der Waals surface area contributed by atoms with Crippen LogP contribution >= 0.6 is 0 Å². The van der Waals surface area contributed by atoms with Crippen LogP contribution in [0.15, 0.2) is 95.9 Å². The SMILES string of the molecule is COc1ccc(C(OCC2OC(n3ccc(NC(C)=O)nc3=O)C(F)C2OC(=O)CCC(=O)O)(c2ccccc2)c2ccc(OC)cc2)cc1. The molecule has 0 aliphatic carbocycles. The lowest BCUT2D eigenvalue weighted by molar-refractivity contribution is -0.159. The van der Waals surface area contributed by atoms with E-state index in [2.05, 4.69) is 10.3 Å². The molecule has 0 saturated carbocycles. The summed E-state index contributed by atoms with van der Waals surface area (Å²) in [5.74, 6) is -1.51. The fraction of sp³-hybridized carbons (Fsp3) is 0.306. The number of nitrogens with one attached hydrogen (secondary N) is 1. The number of methoxy groups -OCH3 is 2. The van der Waals surface area contributed by atoms with Crippen molar-refractivity contribution in [2.24, 2.45) is 0 Å². The first-order valence-electron chi connectivity index (χ1n) is 15.6. The number of carbonyl (C=O) groups is 3. The van der Waals surface area contributed by atoms with Crippen LogP contribution in [0.2, 0.25) is 0 Å². The van der Waals surface area contributed by atoms with E-state index >= 15 is 4.39 Å². The van der Waals surface area contributed by atoms with Gasteiger partial charge in [-0.3, -0.25) is 19.0 Å². The highest BCUT2D eigenvalue weighted by Gasteiger charge is 2.50. The molecule has 1 aliphatic rings. The summed E-state index contributed by atoms with van der Waals surface area (Å²) >= 11 is 0. The lowest BCUT2D eigenvalue weighted by Gasteiger charge is -2.37. The maximum absolute atomic E-state index is 16.3. The molecule has 262 valence electrons. The predicted molar refractivity (Wildman–Crippen MR) is 177 cm³/mol. The van der Waals surface area contributed by atoms with Crippen molar-refractivity contribution >= 4 is 23.7 Å². The summed E-state index contributed by atoms with van der Waals surface area (Å²) in [7, 11) is 3.10. The molecule has 1 aromatic heterocycles. The number of benzene rings is 3. The summed E-state index contributed by atoms with van der Waals surface area (Å²) in [6.07, 6.45) is -6.46. The number of carboxylic acids is 1. The van der Waals surface area contributed by atoms with Crippen molar-refractivity contribution in [3.63, 3.8) is 0 Å². The van der Waals surface area contributed by atoms with Gasteiger partial charge in [0.15, 0.2) is 18.5 Å². The van der Waals surface area contributed by atoms with Gasteiger partial charge in [0, 0.05) is 13.1 Å². The Morgan fingerprint density at radius 3 is 2.00 bits per heavy atom. The molecule has 3 aromatic carbocycles. The van der Waals surface area contributed by atoms with E-state index in [4.69, 9.17) is 28.8 Å².